The number of carbonyl (C=O) groups is 1. The maximum Gasteiger partial charge on any atom is 0.257 e. The van der Waals surface area contributed by atoms with Crippen molar-refractivity contribution in [3.63, 3.8) is 0 Å². The summed E-state index contributed by atoms with van der Waals surface area (Å²) in [6.07, 6.45) is 0. The van der Waals surface area contributed by atoms with Gasteiger partial charge < -0.3 is 15.7 Å². The largest absolute Gasteiger partial charge is 0.507 e. The molecule has 4 heteroatoms. The van der Waals surface area contributed by atoms with Crippen LogP contribution in [0.15, 0.2) is 42.5 Å². The first-order chi connectivity index (χ1) is 9.47. The van der Waals surface area contributed by atoms with Crippen LogP contribution in [0, 0.1) is 6.92 Å². The van der Waals surface area contributed by atoms with Gasteiger partial charge in [-0.1, -0.05) is 23.8 Å². The first-order valence-corrected chi connectivity index (χ1v) is 6.37. The molecular weight excluding hydrogens is 252 g/mol. The molecule has 104 valence electrons. The van der Waals surface area contributed by atoms with Gasteiger partial charge in [0.15, 0.2) is 0 Å². The van der Waals surface area contributed by atoms with E-state index >= 15 is 0 Å². The number of aryl methyl sites for hydroxylation is 1. The van der Waals surface area contributed by atoms with Gasteiger partial charge >= 0.3 is 0 Å². The molecule has 1 amide bonds. The topological polar surface area (TPSA) is 66.6 Å². The van der Waals surface area contributed by atoms with Gasteiger partial charge in [0.25, 0.3) is 5.91 Å². The maximum absolute atomic E-state index is 12.3. The molecule has 2 aromatic carbocycles. The molecule has 2 aromatic rings. The van der Waals surface area contributed by atoms with E-state index in [-0.39, 0.29) is 11.7 Å². The summed E-state index contributed by atoms with van der Waals surface area (Å²) in [6, 6.07) is 12.4. The SMILES string of the molecule is Cc1ccc(O)c(C(=O)N(C)Cc2cccc(N)c2)c1. The van der Waals surface area contributed by atoms with Crippen molar-refractivity contribution in [3.8, 4) is 5.75 Å². The number of amides is 1. The number of benzene rings is 2. The van der Waals surface area contributed by atoms with Gasteiger partial charge in [0.05, 0.1) is 5.56 Å². The molecule has 0 aromatic heterocycles. The highest BCUT2D eigenvalue weighted by atomic mass is 16.3. The van der Waals surface area contributed by atoms with E-state index in [0.717, 1.165) is 11.1 Å². The quantitative estimate of drug-likeness (QED) is 0.842. The highest BCUT2D eigenvalue weighted by Gasteiger charge is 2.16. The second kappa shape index (κ2) is 5.65. The van der Waals surface area contributed by atoms with Crippen LogP contribution in [0.1, 0.15) is 21.5 Å². The molecule has 2 rings (SSSR count). The molecule has 4 nitrogen and oxygen atoms in total. The van der Waals surface area contributed by atoms with Crippen LogP contribution in [0.5, 0.6) is 5.75 Å². The first-order valence-electron chi connectivity index (χ1n) is 6.37. The van der Waals surface area contributed by atoms with Gasteiger partial charge in [-0.15, -0.1) is 0 Å². The number of hydrogen-bond acceptors (Lipinski definition) is 3. The smallest absolute Gasteiger partial charge is 0.257 e. The minimum atomic E-state index is -0.214. The number of nitrogens with zero attached hydrogens (tertiary/aromatic N) is 1. The zero-order chi connectivity index (χ0) is 14.7. The van der Waals surface area contributed by atoms with E-state index in [1.807, 2.05) is 25.1 Å². The predicted molar refractivity (Wildman–Crippen MR) is 79.5 cm³/mol. The number of nitrogen functional groups attached to an aromatic ring is 1. The Bertz CT molecular complexity index is 638. The predicted octanol–water partition coefficient (Wildman–Crippen LogP) is 2.56. The number of phenols is 1. The average molecular weight is 270 g/mol. The van der Waals surface area contributed by atoms with Crippen LogP contribution in [0.25, 0.3) is 0 Å². The minimum Gasteiger partial charge on any atom is -0.507 e. The zero-order valence-electron chi connectivity index (χ0n) is 11.6. The average Bonchev–Trinajstić information content (AvgIpc) is 2.40. The monoisotopic (exact) mass is 270 g/mol. The van der Waals surface area contributed by atoms with Gasteiger partial charge in [0.2, 0.25) is 0 Å². The molecule has 0 aliphatic carbocycles. The van der Waals surface area contributed by atoms with Gasteiger partial charge in [-0.05, 0) is 36.8 Å². The molecular formula is C16H18N2O2. The van der Waals surface area contributed by atoms with Gasteiger partial charge in [0.1, 0.15) is 5.75 Å². The van der Waals surface area contributed by atoms with E-state index in [9.17, 15) is 9.90 Å². The summed E-state index contributed by atoms with van der Waals surface area (Å²) in [6.45, 7) is 2.32. The van der Waals surface area contributed by atoms with Crippen LogP contribution in [0.3, 0.4) is 0 Å². The molecule has 0 unspecified atom stereocenters. The Morgan fingerprint density at radius 1 is 1.25 bits per heavy atom. The van der Waals surface area contributed by atoms with Crippen LogP contribution in [0.2, 0.25) is 0 Å². The lowest BCUT2D eigenvalue weighted by atomic mass is 10.1. The van der Waals surface area contributed by atoms with Crippen LogP contribution in [0.4, 0.5) is 5.69 Å². The van der Waals surface area contributed by atoms with Crippen LogP contribution in [-0.4, -0.2) is 23.0 Å². The third-order valence-corrected chi connectivity index (χ3v) is 3.10. The molecule has 20 heavy (non-hydrogen) atoms. The summed E-state index contributed by atoms with van der Waals surface area (Å²) in [5, 5.41) is 9.80. The molecule has 0 saturated carbocycles. The lowest BCUT2D eigenvalue weighted by Gasteiger charge is -2.18. The molecule has 3 N–H and O–H groups in total. The van der Waals surface area contributed by atoms with Crippen LogP contribution < -0.4 is 5.73 Å². The summed E-state index contributed by atoms with van der Waals surface area (Å²) >= 11 is 0. The highest BCUT2D eigenvalue weighted by Crippen LogP contribution is 2.20. The van der Waals surface area contributed by atoms with Crippen molar-refractivity contribution in [1.29, 1.82) is 0 Å². The Balaban J connectivity index is 2.18. The van der Waals surface area contributed by atoms with E-state index in [1.54, 1.807) is 30.1 Å². The van der Waals surface area contributed by atoms with E-state index in [2.05, 4.69) is 0 Å². The van der Waals surface area contributed by atoms with Crippen molar-refractivity contribution in [2.45, 2.75) is 13.5 Å². The Hall–Kier alpha value is -2.49. The zero-order valence-corrected chi connectivity index (χ0v) is 11.6. The molecule has 0 saturated heterocycles. The molecule has 0 aliphatic heterocycles. The molecule has 0 radical (unpaired) electrons. The number of rotatable bonds is 3. The molecule has 0 bridgehead atoms. The summed E-state index contributed by atoms with van der Waals surface area (Å²) in [5.74, 6) is -0.214. The van der Waals surface area contributed by atoms with Gasteiger partial charge in [-0.2, -0.15) is 0 Å². The maximum atomic E-state index is 12.3. The van der Waals surface area contributed by atoms with E-state index < -0.39 is 0 Å². The van der Waals surface area contributed by atoms with Crippen molar-refractivity contribution in [2.24, 2.45) is 0 Å². The number of hydrogen-bond donors (Lipinski definition) is 2. The Labute approximate surface area is 118 Å². The van der Waals surface area contributed by atoms with Crippen molar-refractivity contribution >= 4 is 11.6 Å². The fourth-order valence-corrected chi connectivity index (χ4v) is 2.06. The minimum absolute atomic E-state index is 0.0000237. The number of anilines is 1. The summed E-state index contributed by atoms with van der Waals surface area (Å²) in [4.78, 5) is 13.9. The lowest BCUT2D eigenvalue weighted by Crippen LogP contribution is -2.26. The second-order valence-corrected chi connectivity index (χ2v) is 4.93. The summed E-state index contributed by atoms with van der Waals surface area (Å²) in [5.41, 5.74) is 8.59. The lowest BCUT2D eigenvalue weighted by molar-refractivity contribution is 0.0782. The number of carbonyl (C=O) groups excluding carboxylic acids is 1. The molecule has 0 atom stereocenters. The third kappa shape index (κ3) is 3.09. The van der Waals surface area contributed by atoms with E-state index in [0.29, 0.717) is 17.8 Å². The Morgan fingerprint density at radius 3 is 2.70 bits per heavy atom. The normalized spacial score (nSPS) is 10.3. The number of nitrogens with two attached hydrogens (primary N) is 1. The highest BCUT2D eigenvalue weighted by molar-refractivity contribution is 5.96. The molecule has 0 aliphatic rings. The molecule has 0 spiro atoms. The summed E-state index contributed by atoms with van der Waals surface area (Å²) in [7, 11) is 1.70. The summed E-state index contributed by atoms with van der Waals surface area (Å²) < 4.78 is 0. The Kier molecular flexibility index (Phi) is 3.94. The fraction of sp³-hybridized carbons (Fsp3) is 0.188. The molecule has 0 heterocycles. The van der Waals surface area contributed by atoms with Crippen molar-refractivity contribution in [2.75, 3.05) is 12.8 Å². The van der Waals surface area contributed by atoms with Crippen molar-refractivity contribution < 1.29 is 9.90 Å². The first kappa shape index (κ1) is 13.9. The van der Waals surface area contributed by atoms with Crippen LogP contribution in [-0.2, 0) is 6.54 Å². The van der Waals surface area contributed by atoms with Gasteiger partial charge in [-0.3, -0.25) is 4.79 Å². The van der Waals surface area contributed by atoms with Crippen LogP contribution >= 0.6 is 0 Å². The Morgan fingerprint density at radius 2 is 2.00 bits per heavy atom. The van der Waals surface area contributed by atoms with E-state index in [1.165, 1.54) is 6.07 Å². The number of phenolic OH excluding ortho intramolecular Hbond substituents is 1. The second-order valence-electron chi connectivity index (χ2n) is 4.93. The van der Waals surface area contributed by atoms with Crippen molar-refractivity contribution in [1.82, 2.24) is 4.90 Å². The third-order valence-electron chi connectivity index (χ3n) is 3.10. The van der Waals surface area contributed by atoms with Gasteiger partial charge in [-0.25, -0.2) is 0 Å². The van der Waals surface area contributed by atoms with Gasteiger partial charge in [0, 0.05) is 19.3 Å². The standard InChI is InChI=1S/C16H18N2O2/c1-11-6-7-15(19)14(8-11)16(20)18(2)10-12-4-3-5-13(17)9-12/h3-9,19H,10,17H2,1-2H3. The van der Waals surface area contributed by atoms with E-state index in [4.69, 9.17) is 5.73 Å². The fourth-order valence-electron chi connectivity index (χ4n) is 2.06. The van der Waals surface area contributed by atoms with Crippen molar-refractivity contribution in [3.05, 3.63) is 59.2 Å². The molecule has 0 fully saturated rings. The number of aromatic hydroxyl groups is 1.